The fourth-order valence-electron chi connectivity index (χ4n) is 3.23. The summed E-state index contributed by atoms with van der Waals surface area (Å²) in [5, 5.41) is 0. The van der Waals surface area contributed by atoms with Crippen LogP contribution in [-0.2, 0) is 20.1 Å². The number of nitrogens with zero attached hydrogens (tertiary/aromatic N) is 4. The average Bonchev–Trinajstić information content (AvgIpc) is 3.03. The Morgan fingerprint density at radius 1 is 1.04 bits per heavy atom. The molecule has 0 amide bonds. The first kappa shape index (κ1) is 19.5. The van der Waals surface area contributed by atoms with Crippen LogP contribution in [0.15, 0.2) is 27.8 Å². The molecule has 0 unspecified atom stereocenters. The second-order valence-electron chi connectivity index (χ2n) is 6.22. The summed E-state index contributed by atoms with van der Waals surface area (Å²) in [5.74, 6) is 1.96. The minimum absolute atomic E-state index is 0.310. The maximum Gasteiger partial charge on any atom is 0.332 e. The number of benzene rings is 1. The average molecular weight is 384 g/mol. The van der Waals surface area contributed by atoms with Crippen LogP contribution >= 0.6 is 0 Å². The molecular formula is C20H24N4O4. The van der Waals surface area contributed by atoms with Crippen LogP contribution in [0.25, 0.3) is 23.3 Å². The van der Waals surface area contributed by atoms with Gasteiger partial charge in [-0.05, 0) is 44.2 Å². The van der Waals surface area contributed by atoms with Gasteiger partial charge in [-0.15, -0.1) is 0 Å². The molecule has 0 radical (unpaired) electrons. The lowest BCUT2D eigenvalue weighted by Gasteiger charge is -2.08. The predicted molar refractivity (Wildman–Crippen MR) is 109 cm³/mol. The highest BCUT2D eigenvalue weighted by atomic mass is 16.5. The Bertz CT molecular complexity index is 1170. The van der Waals surface area contributed by atoms with E-state index in [0.717, 1.165) is 5.56 Å². The van der Waals surface area contributed by atoms with E-state index in [4.69, 9.17) is 9.47 Å². The van der Waals surface area contributed by atoms with Crippen molar-refractivity contribution < 1.29 is 9.47 Å². The van der Waals surface area contributed by atoms with E-state index in [2.05, 4.69) is 4.98 Å². The first-order valence-electron chi connectivity index (χ1n) is 9.06. The monoisotopic (exact) mass is 384 g/mol. The van der Waals surface area contributed by atoms with Crippen molar-refractivity contribution in [3.8, 4) is 11.5 Å². The minimum Gasteiger partial charge on any atom is -0.497 e. The van der Waals surface area contributed by atoms with Gasteiger partial charge in [-0.2, -0.15) is 0 Å². The van der Waals surface area contributed by atoms with E-state index in [1.165, 1.54) is 9.13 Å². The van der Waals surface area contributed by atoms with E-state index < -0.39 is 0 Å². The highest BCUT2D eigenvalue weighted by Gasteiger charge is 2.17. The maximum atomic E-state index is 12.8. The molecule has 0 atom stereocenters. The number of hydrogen-bond acceptors (Lipinski definition) is 5. The molecular weight excluding hydrogens is 360 g/mol. The summed E-state index contributed by atoms with van der Waals surface area (Å²) >= 11 is 0. The van der Waals surface area contributed by atoms with Crippen molar-refractivity contribution in [3.63, 3.8) is 0 Å². The van der Waals surface area contributed by atoms with Crippen molar-refractivity contribution in [2.75, 3.05) is 14.2 Å². The predicted octanol–water partition coefficient (Wildman–Crippen LogP) is 2.12. The molecule has 2 heterocycles. The zero-order valence-electron chi connectivity index (χ0n) is 16.7. The van der Waals surface area contributed by atoms with Gasteiger partial charge in [0.05, 0.1) is 14.2 Å². The molecule has 0 N–H and O–H groups in total. The minimum atomic E-state index is -0.342. The van der Waals surface area contributed by atoms with E-state index in [-0.39, 0.29) is 11.2 Å². The van der Waals surface area contributed by atoms with Crippen molar-refractivity contribution in [1.82, 2.24) is 18.7 Å². The molecule has 8 heteroatoms. The molecule has 0 aliphatic heterocycles. The quantitative estimate of drug-likeness (QED) is 0.650. The number of fused-ring (bicyclic) bond motifs is 1. The molecule has 28 heavy (non-hydrogen) atoms. The van der Waals surface area contributed by atoms with E-state index in [1.54, 1.807) is 38.8 Å². The maximum absolute atomic E-state index is 12.8. The summed E-state index contributed by atoms with van der Waals surface area (Å²) in [6.07, 6.45) is 3.63. The van der Waals surface area contributed by atoms with Gasteiger partial charge in [0.15, 0.2) is 11.2 Å². The number of rotatable bonds is 6. The van der Waals surface area contributed by atoms with E-state index in [9.17, 15) is 9.59 Å². The standard InChI is InChI=1S/C20H24N4O4/c1-6-23-18-17(19(25)24(7-2)20(23)26)22(3)16(21-18)11-8-13-12-14(27-4)9-10-15(13)28-5/h8-12H,6-7H2,1-5H3/b11-8+. The van der Waals surface area contributed by atoms with Crippen LogP contribution in [0.1, 0.15) is 25.2 Å². The lowest BCUT2D eigenvalue weighted by Crippen LogP contribution is -2.39. The van der Waals surface area contributed by atoms with Gasteiger partial charge in [-0.3, -0.25) is 13.9 Å². The summed E-state index contributed by atoms with van der Waals surface area (Å²) in [4.78, 5) is 29.9. The molecule has 0 aliphatic carbocycles. The Labute approximate surface area is 162 Å². The molecule has 1 aromatic carbocycles. The van der Waals surface area contributed by atoms with Crippen molar-refractivity contribution in [2.45, 2.75) is 26.9 Å². The number of imidazole rings is 1. The first-order valence-corrected chi connectivity index (χ1v) is 9.06. The first-order chi connectivity index (χ1) is 13.5. The normalized spacial score (nSPS) is 11.5. The molecule has 0 bridgehead atoms. The van der Waals surface area contributed by atoms with Gasteiger partial charge in [-0.1, -0.05) is 0 Å². The van der Waals surface area contributed by atoms with Crippen LogP contribution in [-0.4, -0.2) is 32.9 Å². The van der Waals surface area contributed by atoms with Crippen molar-refractivity contribution in [3.05, 3.63) is 50.4 Å². The van der Waals surface area contributed by atoms with Crippen LogP contribution < -0.4 is 20.7 Å². The van der Waals surface area contributed by atoms with Crippen molar-refractivity contribution in [1.29, 1.82) is 0 Å². The van der Waals surface area contributed by atoms with Gasteiger partial charge >= 0.3 is 5.69 Å². The van der Waals surface area contributed by atoms with Crippen LogP contribution in [0.4, 0.5) is 0 Å². The summed E-state index contributed by atoms with van der Waals surface area (Å²) in [6.45, 7) is 4.38. The van der Waals surface area contributed by atoms with Gasteiger partial charge in [0, 0.05) is 25.7 Å². The Kier molecular flexibility index (Phi) is 5.39. The summed E-state index contributed by atoms with van der Waals surface area (Å²) in [5.41, 5.74) is 0.932. The number of ether oxygens (including phenoxy) is 2. The highest BCUT2D eigenvalue weighted by Crippen LogP contribution is 2.26. The second-order valence-corrected chi connectivity index (χ2v) is 6.22. The molecule has 0 aliphatic rings. The highest BCUT2D eigenvalue weighted by molar-refractivity contribution is 5.77. The molecule has 0 saturated heterocycles. The van der Waals surface area contributed by atoms with Crippen LogP contribution in [0, 0.1) is 0 Å². The van der Waals surface area contributed by atoms with Crippen LogP contribution in [0.2, 0.25) is 0 Å². The zero-order chi connectivity index (χ0) is 20.4. The Morgan fingerprint density at radius 3 is 2.36 bits per heavy atom. The van der Waals surface area contributed by atoms with Gasteiger partial charge in [0.25, 0.3) is 5.56 Å². The second kappa shape index (κ2) is 7.75. The molecule has 3 rings (SSSR count). The van der Waals surface area contributed by atoms with Crippen molar-refractivity contribution in [2.24, 2.45) is 7.05 Å². The Morgan fingerprint density at radius 2 is 1.75 bits per heavy atom. The van der Waals surface area contributed by atoms with Crippen LogP contribution in [0.5, 0.6) is 11.5 Å². The number of aromatic nitrogens is 4. The number of methoxy groups -OCH3 is 2. The van der Waals surface area contributed by atoms with Gasteiger partial charge in [0.2, 0.25) is 0 Å². The lowest BCUT2D eigenvalue weighted by atomic mass is 10.1. The van der Waals surface area contributed by atoms with E-state index >= 15 is 0 Å². The molecule has 0 saturated carbocycles. The van der Waals surface area contributed by atoms with E-state index in [1.807, 2.05) is 31.2 Å². The molecule has 3 aromatic rings. The van der Waals surface area contributed by atoms with Gasteiger partial charge in [-0.25, -0.2) is 9.78 Å². The fraction of sp³-hybridized carbons (Fsp3) is 0.350. The molecule has 2 aromatic heterocycles. The smallest absolute Gasteiger partial charge is 0.332 e. The van der Waals surface area contributed by atoms with Gasteiger partial charge < -0.3 is 14.0 Å². The largest absolute Gasteiger partial charge is 0.497 e. The fourth-order valence-corrected chi connectivity index (χ4v) is 3.23. The summed E-state index contributed by atoms with van der Waals surface area (Å²) < 4.78 is 15.1. The van der Waals surface area contributed by atoms with Crippen molar-refractivity contribution >= 4 is 23.3 Å². The third kappa shape index (κ3) is 3.11. The Balaban J connectivity index is 2.20. The molecule has 0 fully saturated rings. The SMILES string of the molecule is CCn1c(=O)c2c(nc(/C=C/c3cc(OC)ccc3OC)n2C)n(CC)c1=O. The van der Waals surface area contributed by atoms with Crippen LogP contribution in [0.3, 0.4) is 0 Å². The Hall–Kier alpha value is -3.29. The lowest BCUT2D eigenvalue weighted by molar-refractivity contribution is 0.402. The molecule has 8 nitrogen and oxygen atoms in total. The number of hydrogen-bond donors (Lipinski definition) is 0. The summed E-state index contributed by atoms with van der Waals surface area (Å²) in [6, 6.07) is 5.49. The van der Waals surface area contributed by atoms with E-state index in [0.29, 0.717) is 41.6 Å². The number of aryl methyl sites for hydroxylation is 2. The zero-order valence-corrected chi connectivity index (χ0v) is 16.7. The third-order valence-corrected chi connectivity index (χ3v) is 4.76. The topological polar surface area (TPSA) is 80.3 Å². The summed E-state index contributed by atoms with van der Waals surface area (Å²) in [7, 11) is 4.97. The van der Waals surface area contributed by atoms with Gasteiger partial charge in [0.1, 0.15) is 17.3 Å². The third-order valence-electron chi connectivity index (χ3n) is 4.76. The molecule has 0 spiro atoms. The molecule has 148 valence electrons.